The van der Waals surface area contributed by atoms with Crippen molar-refractivity contribution in [3.8, 4) is 11.8 Å². The minimum absolute atomic E-state index is 0.230. The maximum absolute atomic E-state index is 11.9. The lowest BCUT2D eigenvalue weighted by molar-refractivity contribution is -0.618. The number of rotatable bonds is 4. The molecule has 2 rings (SSSR count). The number of amides is 1. The van der Waals surface area contributed by atoms with E-state index in [1.165, 1.54) is 6.20 Å². The zero-order chi connectivity index (χ0) is 17.5. The van der Waals surface area contributed by atoms with Crippen molar-refractivity contribution < 1.29 is 19.4 Å². The zero-order valence-corrected chi connectivity index (χ0v) is 14.1. The smallest absolute Gasteiger partial charge is 0.248 e. The maximum atomic E-state index is 11.9. The van der Waals surface area contributed by atoms with E-state index in [9.17, 15) is 10.0 Å². The fourth-order valence-corrected chi connectivity index (χ4v) is 2.51. The molecule has 1 atom stereocenters. The van der Waals surface area contributed by atoms with Gasteiger partial charge in [-0.05, 0) is 13.0 Å². The Kier molecular flexibility index (Phi) is 6.55. The number of aliphatic hydroxyl groups excluding tert-OH is 1. The van der Waals surface area contributed by atoms with E-state index in [-0.39, 0.29) is 12.0 Å². The lowest BCUT2D eigenvalue weighted by atomic mass is 10.2. The minimum atomic E-state index is -0.438. The summed E-state index contributed by atoms with van der Waals surface area (Å²) in [6.07, 6.45) is 1.19. The van der Waals surface area contributed by atoms with Crippen molar-refractivity contribution >= 4 is 5.91 Å². The van der Waals surface area contributed by atoms with Gasteiger partial charge in [-0.1, -0.05) is 11.8 Å². The number of methoxy groups -OCH3 is 1. The standard InChI is InChI=1S/C17H23N3O4/c1-14(24-2)16-6-5-15(12-20(16)23)4-3-7-18-8-10-19(11-9-18)17(22)13-21/h5-6,12,14,21H,7-11,13H2,1-2H3/t14-/m0/s1. The van der Waals surface area contributed by atoms with E-state index in [4.69, 9.17) is 9.84 Å². The summed E-state index contributed by atoms with van der Waals surface area (Å²) in [5, 5.41) is 20.8. The number of ether oxygens (including phenoxy) is 1. The first kappa shape index (κ1) is 18.2. The van der Waals surface area contributed by atoms with Crippen molar-refractivity contribution in [2.45, 2.75) is 13.0 Å². The van der Waals surface area contributed by atoms with Gasteiger partial charge < -0.3 is 20.0 Å². The first-order chi connectivity index (χ1) is 11.5. The molecule has 0 aliphatic carbocycles. The molecule has 1 aromatic rings. The van der Waals surface area contributed by atoms with E-state index in [1.54, 1.807) is 18.1 Å². The average Bonchev–Trinajstić information content (AvgIpc) is 2.61. The van der Waals surface area contributed by atoms with Gasteiger partial charge in [-0.25, -0.2) is 0 Å². The summed E-state index contributed by atoms with van der Waals surface area (Å²) in [5.41, 5.74) is 1.21. The molecule has 0 unspecified atom stereocenters. The van der Waals surface area contributed by atoms with Crippen LogP contribution in [0.15, 0.2) is 18.3 Å². The second-order valence-electron chi connectivity index (χ2n) is 5.66. The molecule has 0 spiro atoms. The van der Waals surface area contributed by atoms with Crippen LogP contribution in [0.2, 0.25) is 0 Å². The van der Waals surface area contributed by atoms with Crippen LogP contribution in [0.5, 0.6) is 0 Å². The Balaban J connectivity index is 1.88. The normalized spacial score (nSPS) is 16.4. The molecule has 24 heavy (non-hydrogen) atoms. The van der Waals surface area contributed by atoms with E-state index in [0.29, 0.717) is 30.9 Å². The van der Waals surface area contributed by atoms with Crippen LogP contribution in [0.4, 0.5) is 0 Å². The number of carbonyl (C=O) groups excluding carboxylic acids is 1. The van der Waals surface area contributed by atoms with Crippen molar-refractivity contribution in [3.05, 3.63) is 34.8 Å². The fraction of sp³-hybridized carbons (Fsp3) is 0.529. The van der Waals surface area contributed by atoms with E-state index in [0.717, 1.165) is 17.8 Å². The van der Waals surface area contributed by atoms with Gasteiger partial charge in [0.2, 0.25) is 11.6 Å². The molecule has 0 saturated carbocycles. The third kappa shape index (κ3) is 4.68. The number of hydrogen-bond acceptors (Lipinski definition) is 5. The summed E-state index contributed by atoms with van der Waals surface area (Å²) in [6, 6.07) is 3.54. The Bertz CT molecular complexity index is 630. The Morgan fingerprint density at radius 2 is 2.12 bits per heavy atom. The summed E-state index contributed by atoms with van der Waals surface area (Å²) in [7, 11) is 1.56. The molecule has 1 N–H and O–H groups in total. The first-order valence-corrected chi connectivity index (χ1v) is 7.91. The van der Waals surface area contributed by atoms with Crippen molar-refractivity contribution in [1.29, 1.82) is 0 Å². The molecule has 1 aliphatic heterocycles. The highest BCUT2D eigenvalue weighted by atomic mass is 16.5. The number of pyridine rings is 1. The Morgan fingerprint density at radius 3 is 2.71 bits per heavy atom. The SMILES string of the molecule is CO[C@@H](C)c1ccc(C#CCN2CCN(C(=O)CO)CC2)c[n+]1[O-]. The maximum Gasteiger partial charge on any atom is 0.248 e. The largest absolute Gasteiger partial charge is 0.618 e. The topological polar surface area (TPSA) is 80.0 Å². The van der Waals surface area contributed by atoms with Gasteiger partial charge >= 0.3 is 0 Å². The molecule has 1 fully saturated rings. The van der Waals surface area contributed by atoms with Crippen molar-refractivity contribution in [3.63, 3.8) is 0 Å². The molecule has 130 valence electrons. The number of aliphatic hydroxyl groups is 1. The van der Waals surface area contributed by atoms with E-state index >= 15 is 0 Å². The molecule has 2 heterocycles. The van der Waals surface area contributed by atoms with Crippen molar-refractivity contribution in [2.75, 3.05) is 46.4 Å². The van der Waals surface area contributed by atoms with E-state index < -0.39 is 6.61 Å². The minimum Gasteiger partial charge on any atom is -0.618 e. The molecule has 1 amide bonds. The van der Waals surface area contributed by atoms with Crippen LogP contribution in [-0.2, 0) is 9.53 Å². The van der Waals surface area contributed by atoms with Crippen LogP contribution >= 0.6 is 0 Å². The second kappa shape index (κ2) is 8.64. The number of piperazine rings is 1. The lowest BCUT2D eigenvalue weighted by Gasteiger charge is -2.33. The summed E-state index contributed by atoms with van der Waals surface area (Å²) >= 11 is 0. The summed E-state index contributed by atoms with van der Waals surface area (Å²) < 4.78 is 5.93. The lowest BCUT2D eigenvalue weighted by Crippen LogP contribution is -2.49. The van der Waals surface area contributed by atoms with Gasteiger partial charge in [-0.2, -0.15) is 4.73 Å². The molecule has 7 nitrogen and oxygen atoms in total. The second-order valence-corrected chi connectivity index (χ2v) is 5.66. The highest BCUT2D eigenvalue weighted by Crippen LogP contribution is 2.11. The number of aromatic nitrogens is 1. The van der Waals surface area contributed by atoms with Crippen LogP contribution in [0.25, 0.3) is 0 Å². The van der Waals surface area contributed by atoms with Crippen LogP contribution in [-0.4, -0.2) is 67.3 Å². The molecular weight excluding hydrogens is 310 g/mol. The van der Waals surface area contributed by atoms with Crippen LogP contribution in [0, 0.1) is 17.0 Å². The molecule has 7 heteroatoms. The summed E-state index contributed by atoms with van der Waals surface area (Å²) in [6.45, 7) is 4.62. The van der Waals surface area contributed by atoms with Gasteiger partial charge in [0.25, 0.3) is 0 Å². The first-order valence-electron chi connectivity index (χ1n) is 7.91. The predicted octanol–water partition coefficient (Wildman–Crippen LogP) is -0.485. The Morgan fingerprint density at radius 1 is 1.42 bits per heavy atom. The number of carbonyl (C=O) groups is 1. The van der Waals surface area contributed by atoms with Crippen molar-refractivity contribution in [1.82, 2.24) is 9.80 Å². The fourth-order valence-electron chi connectivity index (χ4n) is 2.51. The molecular formula is C17H23N3O4. The molecule has 0 bridgehead atoms. The highest BCUT2D eigenvalue weighted by molar-refractivity contribution is 5.77. The van der Waals surface area contributed by atoms with Crippen LogP contribution in [0.3, 0.4) is 0 Å². The summed E-state index contributed by atoms with van der Waals surface area (Å²) in [4.78, 5) is 15.2. The molecule has 1 saturated heterocycles. The number of nitrogens with zero attached hydrogens (tertiary/aromatic N) is 3. The summed E-state index contributed by atoms with van der Waals surface area (Å²) in [5.74, 6) is 5.82. The van der Waals surface area contributed by atoms with Gasteiger partial charge in [-0.3, -0.25) is 9.69 Å². The molecule has 1 aliphatic rings. The van der Waals surface area contributed by atoms with Crippen LogP contribution in [0.1, 0.15) is 24.3 Å². The third-order valence-electron chi connectivity index (χ3n) is 4.11. The van der Waals surface area contributed by atoms with Gasteiger partial charge in [0.15, 0.2) is 6.20 Å². The Hall–Kier alpha value is -2.14. The van der Waals surface area contributed by atoms with Gasteiger partial charge in [-0.15, -0.1) is 0 Å². The van der Waals surface area contributed by atoms with Gasteiger partial charge in [0.1, 0.15) is 12.7 Å². The zero-order valence-electron chi connectivity index (χ0n) is 14.1. The molecule has 0 radical (unpaired) electrons. The van der Waals surface area contributed by atoms with Gasteiger partial charge in [0.05, 0.1) is 12.1 Å². The van der Waals surface area contributed by atoms with Gasteiger partial charge in [0, 0.05) is 39.4 Å². The average molecular weight is 333 g/mol. The van der Waals surface area contributed by atoms with E-state index in [1.807, 2.05) is 13.0 Å². The quantitative estimate of drug-likeness (QED) is 0.457. The highest BCUT2D eigenvalue weighted by Gasteiger charge is 2.19. The monoisotopic (exact) mass is 333 g/mol. The van der Waals surface area contributed by atoms with Crippen LogP contribution < -0.4 is 4.73 Å². The predicted molar refractivity (Wildman–Crippen MR) is 87.8 cm³/mol. The third-order valence-corrected chi connectivity index (χ3v) is 4.11. The van der Waals surface area contributed by atoms with Crippen molar-refractivity contribution in [2.24, 2.45) is 0 Å². The van der Waals surface area contributed by atoms with E-state index in [2.05, 4.69) is 16.7 Å². The molecule has 1 aromatic heterocycles. The number of hydrogen-bond donors (Lipinski definition) is 1. The Labute approximate surface area is 142 Å². The molecule has 0 aromatic carbocycles.